The SMILES string of the molecule is CCCCCCCC(=O)NC[C@H](CC)CCCC. The molecule has 0 spiro atoms. The van der Waals surface area contributed by atoms with Gasteiger partial charge in [-0.1, -0.05) is 65.7 Å². The first-order chi connectivity index (χ1) is 8.74. The fourth-order valence-electron chi connectivity index (χ4n) is 2.18. The van der Waals surface area contributed by atoms with E-state index in [4.69, 9.17) is 0 Å². The predicted octanol–water partition coefficient (Wildman–Crippen LogP) is 4.68. The molecule has 0 saturated heterocycles. The summed E-state index contributed by atoms with van der Waals surface area (Å²) in [6.07, 6.45) is 11.8. The van der Waals surface area contributed by atoms with E-state index in [0.717, 1.165) is 13.0 Å². The van der Waals surface area contributed by atoms with Crippen molar-refractivity contribution in [2.24, 2.45) is 5.92 Å². The Kier molecular flexibility index (Phi) is 12.5. The molecule has 18 heavy (non-hydrogen) atoms. The van der Waals surface area contributed by atoms with Crippen LogP contribution in [0.5, 0.6) is 0 Å². The molecule has 0 aromatic heterocycles. The van der Waals surface area contributed by atoms with Crippen molar-refractivity contribution in [1.29, 1.82) is 0 Å². The van der Waals surface area contributed by atoms with Crippen molar-refractivity contribution in [2.75, 3.05) is 6.54 Å². The third-order valence-corrected chi connectivity index (χ3v) is 3.64. The van der Waals surface area contributed by atoms with Crippen molar-refractivity contribution in [1.82, 2.24) is 5.32 Å². The van der Waals surface area contributed by atoms with Gasteiger partial charge in [0.25, 0.3) is 0 Å². The summed E-state index contributed by atoms with van der Waals surface area (Å²) in [7, 11) is 0. The molecule has 1 amide bonds. The standard InChI is InChI=1S/C16H33NO/c1-4-7-9-10-11-13-16(18)17-14-15(6-3)12-8-5-2/h15H,4-14H2,1-3H3,(H,17,18)/t15-/m1/s1. The first-order valence-corrected chi connectivity index (χ1v) is 8.01. The van der Waals surface area contributed by atoms with Crippen molar-refractivity contribution in [3.63, 3.8) is 0 Å². The fraction of sp³-hybridized carbons (Fsp3) is 0.938. The monoisotopic (exact) mass is 255 g/mol. The summed E-state index contributed by atoms with van der Waals surface area (Å²) in [5, 5.41) is 3.09. The minimum atomic E-state index is 0.251. The molecule has 1 atom stereocenters. The predicted molar refractivity (Wildman–Crippen MR) is 79.7 cm³/mol. The molecule has 1 N–H and O–H groups in total. The van der Waals surface area contributed by atoms with E-state index in [2.05, 4.69) is 26.1 Å². The Bertz CT molecular complexity index is 192. The lowest BCUT2D eigenvalue weighted by atomic mass is 9.99. The first kappa shape index (κ1) is 17.5. The normalized spacial score (nSPS) is 12.4. The maximum absolute atomic E-state index is 11.7. The van der Waals surface area contributed by atoms with Gasteiger partial charge in [-0.15, -0.1) is 0 Å². The molecule has 0 heterocycles. The van der Waals surface area contributed by atoms with Crippen LogP contribution in [0.3, 0.4) is 0 Å². The molecule has 0 bridgehead atoms. The molecule has 0 unspecified atom stereocenters. The third-order valence-electron chi connectivity index (χ3n) is 3.64. The highest BCUT2D eigenvalue weighted by atomic mass is 16.1. The quantitative estimate of drug-likeness (QED) is 0.504. The van der Waals surface area contributed by atoms with Gasteiger partial charge in [0.15, 0.2) is 0 Å². The van der Waals surface area contributed by atoms with E-state index in [9.17, 15) is 4.79 Å². The molecule has 0 saturated carbocycles. The fourth-order valence-corrected chi connectivity index (χ4v) is 2.18. The maximum atomic E-state index is 11.7. The molecule has 0 aliphatic carbocycles. The lowest BCUT2D eigenvalue weighted by Gasteiger charge is -2.15. The van der Waals surface area contributed by atoms with Crippen LogP contribution in [0.25, 0.3) is 0 Å². The highest BCUT2D eigenvalue weighted by Crippen LogP contribution is 2.11. The van der Waals surface area contributed by atoms with Crippen molar-refractivity contribution in [3.05, 3.63) is 0 Å². The van der Waals surface area contributed by atoms with E-state index in [1.807, 2.05) is 0 Å². The van der Waals surface area contributed by atoms with Crippen molar-refractivity contribution < 1.29 is 4.79 Å². The van der Waals surface area contributed by atoms with Crippen molar-refractivity contribution >= 4 is 5.91 Å². The van der Waals surface area contributed by atoms with Crippen LogP contribution in [0, 0.1) is 5.92 Å². The molecular weight excluding hydrogens is 222 g/mol. The average molecular weight is 255 g/mol. The van der Waals surface area contributed by atoms with Gasteiger partial charge in [0.05, 0.1) is 0 Å². The lowest BCUT2D eigenvalue weighted by Crippen LogP contribution is -2.28. The molecule has 0 fully saturated rings. The van der Waals surface area contributed by atoms with Crippen LogP contribution in [0.1, 0.15) is 85.0 Å². The number of nitrogens with one attached hydrogen (secondary N) is 1. The van der Waals surface area contributed by atoms with Crippen LogP contribution < -0.4 is 5.32 Å². The average Bonchev–Trinajstić information content (AvgIpc) is 2.39. The van der Waals surface area contributed by atoms with Crippen LogP contribution in [0.15, 0.2) is 0 Å². The molecule has 2 nitrogen and oxygen atoms in total. The molecule has 2 heteroatoms. The van der Waals surface area contributed by atoms with Gasteiger partial charge >= 0.3 is 0 Å². The minimum absolute atomic E-state index is 0.251. The van der Waals surface area contributed by atoms with Gasteiger partial charge in [-0.2, -0.15) is 0 Å². The van der Waals surface area contributed by atoms with E-state index >= 15 is 0 Å². The molecule has 108 valence electrons. The second-order valence-corrected chi connectivity index (χ2v) is 5.38. The summed E-state index contributed by atoms with van der Waals surface area (Å²) in [5.74, 6) is 0.926. The summed E-state index contributed by atoms with van der Waals surface area (Å²) < 4.78 is 0. The van der Waals surface area contributed by atoms with Crippen molar-refractivity contribution in [2.45, 2.75) is 85.0 Å². The third kappa shape index (κ3) is 10.6. The van der Waals surface area contributed by atoms with E-state index in [1.165, 1.54) is 51.4 Å². The second-order valence-electron chi connectivity index (χ2n) is 5.38. The minimum Gasteiger partial charge on any atom is -0.356 e. The summed E-state index contributed by atoms with van der Waals surface area (Å²) >= 11 is 0. The lowest BCUT2D eigenvalue weighted by molar-refractivity contribution is -0.121. The van der Waals surface area contributed by atoms with E-state index in [-0.39, 0.29) is 5.91 Å². The van der Waals surface area contributed by atoms with Crippen molar-refractivity contribution in [3.8, 4) is 0 Å². The number of rotatable bonds is 12. The topological polar surface area (TPSA) is 29.1 Å². The van der Waals surface area contributed by atoms with E-state index in [1.54, 1.807) is 0 Å². The second kappa shape index (κ2) is 12.9. The highest BCUT2D eigenvalue weighted by Gasteiger charge is 2.07. The summed E-state index contributed by atoms with van der Waals surface area (Å²) in [6.45, 7) is 7.54. The van der Waals surface area contributed by atoms with Gasteiger partial charge in [-0.25, -0.2) is 0 Å². The molecule has 0 aromatic rings. The summed E-state index contributed by atoms with van der Waals surface area (Å²) in [5.41, 5.74) is 0. The Labute approximate surface area is 114 Å². The van der Waals surface area contributed by atoms with E-state index in [0.29, 0.717) is 12.3 Å². The maximum Gasteiger partial charge on any atom is 0.220 e. The Balaban J connectivity index is 3.49. The van der Waals surface area contributed by atoms with Gasteiger partial charge < -0.3 is 5.32 Å². The Morgan fingerprint density at radius 1 is 0.944 bits per heavy atom. The number of hydrogen-bond acceptors (Lipinski definition) is 1. The number of unbranched alkanes of at least 4 members (excludes halogenated alkanes) is 5. The summed E-state index contributed by atoms with van der Waals surface area (Å²) in [6, 6.07) is 0. The number of hydrogen-bond donors (Lipinski definition) is 1. The smallest absolute Gasteiger partial charge is 0.220 e. The zero-order valence-corrected chi connectivity index (χ0v) is 12.8. The van der Waals surface area contributed by atoms with Crippen LogP contribution in [0.4, 0.5) is 0 Å². The largest absolute Gasteiger partial charge is 0.356 e. The van der Waals surface area contributed by atoms with Gasteiger partial charge in [0.2, 0.25) is 5.91 Å². The van der Waals surface area contributed by atoms with Crippen LogP contribution in [0.2, 0.25) is 0 Å². The Morgan fingerprint density at radius 2 is 1.61 bits per heavy atom. The molecule has 0 aromatic carbocycles. The highest BCUT2D eigenvalue weighted by molar-refractivity contribution is 5.75. The molecule has 0 aliphatic rings. The zero-order valence-electron chi connectivity index (χ0n) is 12.8. The molecule has 0 rings (SSSR count). The van der Waals surface area contributed by atoms with Crippen LogP contribution in [-0.2, 0) is 4.79 Å². The molecule has 0 aliphatic heterocycles. The van der Waals surface area contributed by atoms with Gasteiger partial charge in [-0.3, -0.25) is 4.79 Å². The Morgan fingerprint density at radius 3 is 2.22 bits per heavy atom. The number of carbonyl (C=O) groups excluding carboxylic acids is 1. The Hall–Kier alpha value is -0.530. The number of amides is 1. The first-order valence-electron chi connectivity index (χ1n) is 8.01. The summed E-state index contributed by atoms with van der Waals surface area (Å²) in [4.78, 5) is 11.7. The van der Waals surface area contributed by atoms with E-state index < -0.39 is 0 Å². The van der Waals surface area contributed by atoms with Crippen LogP contribution >= 0.6 is 0 Å². The number of carbonyl (C=O) groups is 1. The van der Waals surface area contributed by atoms with Gasteiger partial charge in [0.1, 0.15) is 0 Å². The molecular formula is C16H33NO. The van der Waals surface area contributed by atoms with Gasteiger partial charge in [-0.05, 0) is 18.8 Å². The molecule has 0 radical (unpaired) electrons. The zero-order chi connectivity index (χ0) is 13.6. The van der Waals surface area contributed by atoms with Gasteiger partial charge in [0, 0.05) is 13.0 Å². The van der Waals surface area contributed by atoms with Crippen LogP contribution in [-0.4, -0.2) is 12.5 Å².